The van der Waals surface area contributed by atoms with Crippen LogP contribution in [-0.2, 0) is 9.84 Å². The van der Waals surface area contributed by atoms with Crippen LogP contribution in [0.1, 0.15) is 17.0 Å². The Morgan fingerprint density at radius 2 is 1.81 bits per heavy atom. The van der Waals surface area contributed by atoms with E-state index in [-0.39, 0.29) is 17.1 Å². The number of hydrogen-bond acceptors (Lipinski definition) is 3. The van der Waals surface area contributed by atoms with Gasteiger partial charge in [-0.2, -0.15) is 0 Å². The zero-order chi connectivity index (χ0) is 11.9. The molecule has 0 radical (unpaired) electrons. The van der Waals surface area contributed by atoms with Crippen LogP contribution < -0.4 is 5.73 Å². The topological polar surface area (TPSA) is 60.2 Å². The van der Waals surface area contributed by atoms with Gasteiger partial charge in [-0.3, -0.25) is 0 Å². The van der Waals surface area contributed by atoms with Crippen molar-refractivity contribution in [1.29, 1.82) is 0 Å². The smallest absolute Gasteiger partial charge is 0.151 e. The van der Waals surface area contributed by atoms with E-state index in [4.69, 9.17) is 5.73 Å². The van der Waals surface area contributed by atoms with Crippen LogP contribution in [-0.4, -0.2) is 26.5 Å². The summed E-state index contributed by atoms with van der Waals surface area (Å²) in [7, 11) is -2.98. The molecule has 0 spiro atoms. The monoisotopic (exact) mass is 239 g/mol. The summed E-state index contributed by atoms with van der Waals surface area (Å²) in [6.07, 6.45) is 1.30. The Morgan fingerprint density at radius 3 is 2.19 bits per heavy atom. The first-order valence-electron chi connectivity index (χ1n) is 5.40. The molecule has 0 aliphatic heterocycles. The van der Waals surface area contributed by atoms with E-state index in [0.29, 0.717) is 6.54 Å². The minimum atomic E-state index is -2.98. The van der Waals surface area contributed by atoms with Crippen LogP contribution in [0.15, 0.2) is 24.3 Å². The van der Waals surface area contributed by atoms with Gasteiger partial charge in [-0.25, -0.2) is 8.42 Å². The number of nitrogens with two attached hydrogens (primary N) is 1. The van der Waals surface area contributed by atoms with Crippen molar-refractivity contribution in [2.75, 3.05) is 12.8 Å². The molecule has 16 heavy (non-hydrogen) atoms. The molecule has 1 aromatic carbocycles. The average Bonchev–Trinajstić information content (AvgIpc) is 2.92. The van der Waals surface area contributed by atoms with Gasteiger partial charge in [-0.15, -0.1) is 0 Å². The lowest BCUT2D eigenvalue weighted by atomic mass is 10.1. The van der Waals surface area contributed by atoms with Crippen LogP contribution in [0.25, 0.3) is 0 Å². The van der Waals surface area contributed by atoms with E-state index in [1.54, 1.807) is 0 Å². The molecule has 0 amide bonds. The minimum absolute atomic E-state index is 0.0951. The van der Waals surface area contributed by atoms with Gasteiger partial charge in [0.25, 0.3) is 0 Å². The normalized spacial score (nSPS) is 29.1. The number of sulfone groups is 1. The second-order valence-corrected chi connectivity index (χ2v) is 6.83. The van der Waals surface area contributed by atoms with E-state index in [9.17, 15) is 8.42 Å². The number of aryl methyl sites for hydroxylation is 1. The summed E-state index contributed by atoms with van der Waals surface area (Å²) in [5, 5.41) is -0.278. The average molecular weight is 239 g/mol. The summed E-state index contributed by atoms with van der Waals surface area (Å²) < 4.78 is 23.1. The molecule has 2 rings (SSSR count). The van der Waals surface area contributed by atoms with Crippen molar-refractivity contribution < 1.29 is 8.42 Å². The van der Waals surface area contributed by atoms with Gasteiger partial charge in [0.1, 0.15) is 0 Å². The standard InChI is InChI=1S/C12H17NO2S/c1-8-3-5-9(6-4-8)11-10(7-13)12(11)16(2,14)15/h3-6,10-12H,7,13H2,1-2H3. The molecule has 3 unspecified atom stereocenters. The van der Waals surface area contributed by atoms with Crippen LogP contribution in [0.3, 0.4) is 0 Å². The van der Waals surface area contributed by atoms with E-state index in [2.05, 4.69) is 0 Å². The molecule has 3 nitrogen and oxygen atoms in total. The van der Waals surface area contributed by atoms with Crippen LogP contribution in [0.5, 0.6) is 0 Å². The van der Waals surface area contributed by atoms with Gasteiger partial charge in [0.15, 0.2) is 9.84 Å². The van der Waals surface area contributed by atoms with Gasteiger partial charge >= 0.3 is 0 Å². The van der Waals surface area contributed by atoms with E-state index < -0.39 is 9.84 Å². The van der Waals surface area contributed by atoms with Gasteiger partial charge in [-0.05, 0) is 24.9 Å². The highest BCUT2D eigenvalue weighted by atomic mass is 32.2. The molecule has 0 bridgehead atoms. The molecule has 1 saturated carbocycles. The Morgan fingerprint density at radius 1 is 1.25 bits per heavy atom. The van der Waals surface area contributed by atoms with Crippen LogP contribution in [0.2, 0.25) is 0 Å². The first-order chi connectivity index (χ1) is 7.45. The van der Waals surface area contributed by atoms with E-state index in [0.717, 1.165) is 5.56 Å². The maximum atomic E-state index is 11.6. The Labute approximate surface area is 96.6 Å². The van der Waals surface area contributed by atoms with Gasteiger partial charge in [0.2, 0.25) is 0 Å². The molecular formula is C12H17NO2S. The zero-order valence-electron chi connectivity index (χ0n) is 9.55. The second-order valence-electron chi connectivity index (χ2n) is 4.63. The third-order valence-electron chi connectivity index (χ3n) is 3.33. The third-order valence-corrected chi connectivity index (χ3v) is 4.96. The molecule has 2 N–H and O–H groups in total. The maximum absolute atomic E-state index is 11.6. The molecule has 1 fully saturated rings. The molecule has 88 valence electrons. The second kappa shape index (κ2) is 3.86. The molecule has 4 heteroatoms. The summed E-state index contributed by atoms with van der Waals surface area (Å²) in [4.78, 5) is 0. The molecule has 0 heterocycles. The van der Waals surface area contributed by atoms with Gasteiger partial charge in [0, 0.05) is 12.2 Å². The largest absolute Gasteiger partial charge is 0.330 e. The van der Waals surface area contributed by atoms with Crippen molar-refractivity contribution >= 4 is 9.84 Å². The highest BCUT2D eigenvalue weighted by Gasteiger charge is 2.55. The third kappa shape index (κ3) is 1.99. The van der Waals surface area contributed by atoms with Crippen LogP contribution in [0.4, 0.5) is 0 Å². The summed E-state index contributed by atoms with van der Waals surface area (Å²) in [6, 6.07) is 8.04. The van der Waals surface area contributed by atoms with Crippen molar-refractivity contribution in [1.82, 2.24) is 0 Å². The Balaban J connectivity index is 2.27. The van der Waals surface area contributed by atoms with E-state index >= 15 is 0 Å². The first kappa shape index (κ1) is 11.6. The Kier molecular flexibility index (Phi) is 2.80. The van der Waals surface area contributed by atoms with Crippen molar-refractivity contribution in [2.24, 2.45) is 11.7 Å². The highest BCUT2D eigenvalue weighted by molar-refractivity contribution is 7.91. The van der Waals surface area contributed by atoms with Crippen LogP contribution in [0, 0.1) is 12.8 Å². The number of hydrogen-bond donors (Lipinski definition) is 1. The van der Waals surface area contributed by atoms with Crippen molar-refractivity contribution in [3.05, 3.63) is 35.4 Å². The summed E-state index contributed by atoms with van der Waals surface area (Å²) in [6.45, 7) is 2.46. The molecular weight excluding hydrogens is 222 g/mol. The fourth-order valence-corrected chi connectivity index (χ4v) is 4.15. The SMILES string of the molecule is Cc1ccc(C2C(CN)C2S(C)(=O)=O)cc1. The van der Waals surface area contributed by atoms with E-state index in [1.165, 1.54) is 11.8 Å². The van der Waals surface area contributed by atoms with Crippen molar-refractivity contribution in [3.8, 4) is 0 Å². The fraction of sp³-hybridized carbons (Fsp3) is 0.500. The van der Waals surface area contributed by atoms with Crippen LogP contribution >= 0.6 is 0 Å². The van der Waals surface area contributed by atoms with E-state index in [1.807, 2.05) is 31.2 Å². The molecule has 0 aromatic heterocycles. The minimum Gasteiger partial charge on any atom is -0.330 e. The fourth-order valence-electron chi connectivity index (χ4n) is 2.43. The molecule has 1 aliphatic rings. The summed E-state index contributed by atoms with van der Waals surface area (Å²) in [5.41, 5.74) is 7.89. The highest BCUT2D eigenvalue weighted by Crippen LogP contribution is 2.51. The number of rotatable bonds is 3. The first-order valence-corrected chi connectivity index (χ1v) is 7.36. The predicted octanol–water partition coefficient (Wildman–Crippen LogP) is 1.08. The predicted molar refractivity (Wildman–Crippen MR) is 65.1 cm³/mol. The summed E-state index contributed by atoms with van der Waals surface area (Å²) in [5.74, 6) is 0.193. The Hall–Kier alpha value is -0.870. The summed E-state index contributed by atoms with van der Waals surface area (Å²) >= 11 is 0. The lowest BCUT2D eigenvalue weighted by Gasteiger charge is -2.00. The van der Waals surface area contributed by atoms with Gasteiger partial charge in [0.05, 0.1) is 5.25 Å². The lowest BCUT2D eigenvalue weighted by molar-refractivity contribution is 0.597. The Bertz CT molecular complexity index is 478. The maximum Gasteiger partial charge on any atom is 0.151 e. The molecule has 0 saturated heterocycles. The number of benzene rings is 1. The van der Waals surface area contributed by atoms with Crippen molar-refractivity contribution in [2.45, 2.75) is 18.1 Å². The molecule has 1 aliphatic carbocycles. The molecule has 3 atom stereocenters. The molecule has 1 aromatic rings. The lowest BCUT2D eigenvalue weighted by Crippen LogP contribution is -2.11. The van der Waals surface area contributed by atoms with Gasteiger partial charge in [-0.1, -0.05) is 29.8 Å². The van der Waals surface area contributed by atoms with Gasteiger partial charge < -0.3 is 5.73 Å². The van der Waals surface area contributed by atoms with Crippen molar-refractivity contribution in [3.63, 3.8) is 0 Å². The quantitative estimate of drug-likeness (QED) is 0.858. The zero-order valence-corrected chi connectivity index (χ0v) is 10.4.